The van der Waals surface area contributed by atoms with E-state index < -0.39 is 13.9 Å². The molecule has 1 N–H and O–H groups in total. The lowest BCUT2D eigenvalue weighted by Gasteiger charge is -2.39. The van der Waals surface area contributed by atoms with E-state index in [4.69, 9.17) is 18.6 Å². The summed E-state index contributed by atoms with van der Waals surface area (Å²) in [6.07, 6.45) is 3.23. The Morgan fingerprint density at radius 2 is 1.56 bits per heavy atom. The zero-order valence-corrected chi connectivity index (χ0v) is 30.5. The number of ether oxygens (including phenoxy) is 3. The topological polar surface area (TPSA) is 86.3 Å². The Hall–Kier alpha value is -3.04. The Bertz CT molecular complexity index is 1290. The molecule has 0 unspecified atom stereocenters. The minimum atomic E-state index is -1.81. The molecule has 0 spiro atoms. The number of methoxy groups -OCH3 is 1. The lowest BCUT2D eigenvalue weighted by atomic mass is 9.89. The second-order valence-corrected chi connectivity index (χ2v) is 19.4. The number of carbonyl (C=O) groups is 2. The number of hydrogen-bond donors (Lipinski definition) is 1. The monoisotopic (exact) mass is 640 g/mol. The van der Waals surface area contributed by atoms with E-state index in [2.05, 4.69) is 57.1 Å². The minimum Gasteiger partial charge on any atom is -0.491 e. The molecule has 3 rings (SSSR count). The van der Waals surface area contributed by atoms with E-state index in [9.17, 15) is 9.59 Å². The van der Waals surface area contributed by atoms with Crippen molar-refractivity contribution in [1.29, 1.82) is 0 Å². The summed E-state index contributed by atoms with van der Waals surface area (Å²) in [5.41, 5.74) is 3.92. The predicted octanol–water partition coefficient (Wildman–Crippen LogP) is 8.51. The molecular formula is C36H56N2O6Si. The molecule has 0 atom stereocenters. The van der Waals surface area contributed by atoms with Crippen LogP contribution in [0.5, 0.6) is 5.75 Å². The van der Waals surface area contributed by atoms with E-state index in [1.54, 1.807) is 0 Å². The van der Waals surface area contributed by atoms with Crippen molar-refractivity contribution in [3.05, 3.63) is 47.5 Å². The van der Waals surface area contributed by atoms with Gasteiger partial charge in [0, 0.05) is 24.3 Å². The van der Waals surface area contributed by atoms with Gasteiger partial charge >= 0.3 is 12.1 Å². The van der Waals surface area contributed by atoms with Gasteiger partial charge in [-0.3, -0.25) is 0 Å². The largest absolute Gasteiger partial charge is 0.491 e. The fourth-order valence-electron chi connectivity index (χ4n) is 5.53. The summed E-state index contributed by atoms with van der Waals surface area (Å²) in [4.78, 5) is 27.6. The Morgan fingerprint density at radius 3 is 2.09 bits per heavy atom. The Balaban J connectivity index is 1.76. The van der Waals surface area contributed by atoms with E-state index >= 15 is 0 Å². The highest BCUT2D eigenvalue weighted by Gasteiger charge is 2.37. The molecule has 2 aromatic rings. The highest BCUT2D eigenvalue weighted by Crippen LogP contribution is 2.37. The molecule has 9 heteroatoms. The molecule has 1 aliphatic rings. The van der Waals surface area contributed by atoms with Crippen molar-refractivity contribution in [2.75, 3.05) is 31.8 Å². The Kier molecular flexibility index (Phi) is 12.2. The summed E-state index contributed by atoms with van der Waals surface area (Å²) in [5, 5.41) is 3.21. The van der Waals surface area contributed by atoms with Crippen LogP contribution >= 0.6 is 0 Å². The summed E-state index contributed by atoms with van der Waals surface area (Å²) in [5.74, 6) is 0.434. The van der Waals surface area contributed by atoms with Crippen LogP contribution < -0.4 is 15.0 Å². The van der Waals surface area contributed by atoms with Crippen molar-refractivity contribution in [2.45, 2.75) is 117 Å². The first kappa shape index (κ1) is 36.4. The number of alkyl carbamates (subject to hydrolysis) is 1. The van der Waals surface area contributed by atoms with Crippen LogP contribution in [-0.2, 0) is 13.9 Å². The molecule has 0 bridgehead atoms. The van der Waals surface area contributed by atoms with Gasteiger partial charge in [-0.25, -0.2) is 9.59 Å². The molecule has 8 nitrogen and oxygen atoms in total. The third kappa shape index (κ3) is 9.97. The molecule has 1 saturated carbocycles. The van der Waals surface area contributed by atoms with Crippen LogP contribution in [0, 0.1) is 6.92 Å². The fraction of sp³-hybridized carbons (Fsp3) is 0.611. The number of benzene rings is 2. The second kappa shape index (κ2) is 15.0. The molecule has 0 aliphatic heterocycles. The molecule has 1 amide bonds. The van der Waals surface area contributed by atoms with E-state index in [0.29, 0.717) is 18.8 Å². The standard InChI is InChI=1S/C36H56N2O6Si/c1-12-38(29-17-15-28(16-18-29)37-34(40)44-35(3,4)5)32-24-27(23-31(25(32)2)33(39)41-9)26-13-19-30(20-14-26)42-21-22-43-45(10,11)36(6,7)8/h13-14,19-20,23-24,28-29H,12,15-18,21-22H2,1-11H3,(H,37,40)/t28-,29-. The zero-order chi connectivity index (χ0) is 33.6. The highest BCUT2D eigenvalue weighted by atomic mass is 28.4. The number of nitrogens with zero attached hydrogens (tertiary/aromatic N) is 1. The van der Waals surface area contributed by atoms with Crippen LogP contribution in [0.2, 0.25) is 18.1 Å². The number of hydrogen-bond acceptors (Lipinski definition) is 7. The molecule has 2 aromatic carbocycles. The smallest absolute Gasteiger partial charge is 0.407 e. The highest BCUT2D eigenvalue weighted by molar-refractivity contribution is 6.74. The summed E-state index contributed by atoms with van der Waals surface area (Å²) in [7, 11) is -0.389. The van der Waals surface area contributed by atoms with Gasteiger partial charge in [-0.15, -0.1) is 0 Å². The predicted molar refractivity (Wildman–Crippen MR) is 185 cm³/mol. The zero-order valence-electron chi connectivity index (χ0n) is 29.5. The second-order valence-electron chi connectivity index (χ2n) is 14.6. The van der Waals surface area contributed by atoms with Gasteiger partial charge in [-0.05, 0) is 119 Å². The average molecular weight is 641 g/mol. The average Bonchev–Trinajstić information content (AvgIpc) is 2.95. The molecule has 0 aromatic heterocycles. The van der Waals surface area contributed by atoms with Gasteiger partial charge in [0.05, 0.1) is 19.3 Å². The van der Waals surface area contributed by atoms with E-state index in [0.717, 1.165) is 60.4 Å². The minimum absolute atomic E-state index is 0.0900. The van der Waals surface area contributed by atoms with Gasteiger partial charge in [0.1, 0.15) is 18.0 Å². The first-order valence-corrected chi connectivity index (χ1v) is 19.2. The lowest BCUT2D eigenvalue weighted by Crippen LogP contribution is -2.45. The van der Waals surface area contributed by atoms with E-state index in [1.165, 1.54) is 7.11 Å². The summed E-state index contributed by atoms with van der Waals surface area (Å²) >= 11 is 0. The van der Waals surface area contributed by atoms with Crippen molar-refractivity contribution >= 4 is 26.1 Å². The fourth-order valence-corrected chi connectivity index (χ4v) is 6.56. The number of nitrogens with one attached hydrogen (secondary N) is 1. The van der Waals surface area contributed by atoms with Gasteiger partial charge in [0.15, 0.2) is 8.32 Å². The molecule has 1 aliphatic carbocycles. The first-order valence-electron chi connectivity index (χ1n) is 16.3. The molecule has 0 heterocycles. The van der Waals surface area contributed by atoms with Gasteiger partial charge in [0.25, 0.3) is 0 Å². The van der Waals surface area contributed by atoms with Crippen LogP contribution in [0.15, 0.2) is 36.4 Å². The third-order valence-electron chi connectivity index (χ3n) is 9.10. The normalized spacial score (nSPS) is 17.4. The summed E-state index contributed by atoms with van der Waals surface area (Å²) in [6.45, 7) is 22.8. The van der Waals surface area contributed by atoms with Crippen LogP contribution in [0.1, 0.15) is 90.1 Å². The Labute approximate surface area is 272 Å². The van der Waals surface area contributed by atoms with Crippen molar-refractivity contribution in [2.24, 2.45) is 0 Å². The number of rotatable bonds is 11. The number of carbonyl (C=O) groups excluding carboxylic acids is 2. The van der Waals surface area contributed by atoms with Crippen LogP contribution in [0.25, 0.3) is 11.1 Å². The molecular weight excluding hydrogens is 584 g/mol. The van der Waals surface area contributed by atoms with Gasteiger partial charge in [0.2, 0.25) is 0 Å². The van der Waals surface area contributed by atoms with Gasteiger partial charge in [-0.2, -0.15) is 0 Å². The summed E-state index contributed by atoms with van der Waals surface area (Å²) < 4.78 is 22.9. The van der Waals surface area contributed by atoms with Crippen LogP contribution in [0.4, 0.5) is 10.5 Å². The quantitative estimate of drug-likeness (QED) is 0.150. The molecule has 0 radical (unpaired) electrons. The molecule has 1 fully saturated rings. The summed E-state index contributed by atoms with van der Waals surface area (Å²) in [6, 6.07) is 12.5. The van der Waals surface area contributed by atoms with Crippen molar-refractivity contribution in [3.8, 4) is 16.9 Å². The van der Waals surface area contributed by atoms with Crippen molar-refractivity contribution < 1.29 is 28.2 Å². The number of amides is 1. The maximum atomic E-state index is 12.9. The maximum Gasteiger partial charge on any atom is 0.407 e. The van der Waals surface area contributed by atoms with E-state index in [-0.39, 0.29) is 29.2 Å². The van der Waals surface area contributed by atoms with E-state index in [1.807, 2.05) is 58.0 Å². The number of anilines is 1. The SMILES string of the molecule is CCN(c1cc(-c2ccc(OCCO[Si](C)(C)C(C)(C)C)cc2)cc(C(=O)OC)c1C)[C@H]1CC[C@H](NC(=O)OC(C)(C)C)CC1. The van der Waals surface area contributed by atoms with Crippen molar-refractivity contribution in [1.82, 2.24) is 5.32 Å². The molecule has 250 valence electrons. The van der Waals surface area contributed by atoms with Crippen LogP contribution in [-0.4, -0.2) is 64.9 Å². The van der Waals surface area contributed by atoms with Crippen LogP contribution in [0.3, 0.4) is 0 Å². The molecule has 0 saturated heterocycles. The molecule has 45 heavy (non-hydrogen) atoms. The first-order chi connectivity index (χ1) is 21.0. The maximum absolute atomic E-state index is 12.9. The van der Waals surface area contributed by atoms with Gasteiger partial charge in [-0.1, -0.05) is 32.9 Å². The number of esters is 1. The Morgan fingerprint density at radius 1 is 0.933 bits per heavy atom. The third-order valence-corrected chi connectivity index (χ3v) is 13.6. The lowest BCUT2D eigenvalue weighted by molar-refractivity contribution is 0.0490. The van der Waals surface area contributed by atoms with Crippen molar-refractivity contribution in [3.63, 3.8) is 0 Å². The van der Waals surface area contributed by atoms with Gasteiger partial charge < -0.3 is 28.9 Å².